The summed E-state index contributed by atoms with van der Waals surface area (Å²) in [4.78, 5) is 0. The number of halogens is 3. The lowest BCUT2D eigenvalue weighted by Gasteiger charge is -2.42. The highest BCUT2D eigenvalue weighted by atomic mass is 19.2. The van der Waals surface area contributed by atoms with Crippen molar-refractivity contribution in [1.82, 2.24) is 0 Å². The van der Waals surface area contributed by atoms with Crippen LogP contribution in [0.2, 0.25) is 0 Å². The molecule has 2 aliphatic rings. The molecule has 0 bridgehead atoms. The largest absolute Gasteiger partial charge is 0.204 e. The quantitative estimate of drug-likeness (QED) is 0.282. The van der Waals surface area contributed by atoms with E-state index >= 15 is 0 Å². The molecule has 0 N–H and O–H groups in total. The first-order chi connectivity index (χ1) is 15.5. The Morgan fingerprint density at radius 2 is 1.38 bits per heavy atom. The van der Waals surface area contributed by atoms with E-state index in [0.717, 1.165) is 35.4 Å². The number of fused-ring (bicyclic) bond motifs is 1. The van der Waals surface area contributed by atoms with Gasteiger partial charge in [0.1, 0.15) is 0 Å². The molecule has 0 spiro atoms. The second kappa shape index (κ2) is 10.9. The SMILES string of the molecule is CCCCCCCC1CCC2CC(c3ccc(-c4cc(F)c(F)c(F)c4)cc3)CCC2C1. The fraction of sp³-hybridized carbons (Fsp3) is 0.586. The first-order valence-electron chi connectivity index (χ1n) is 12.8. The molecular weight excluding hydrogens is 405 g/mol. The highest BCUT2D eigenvalue weighted by molar-refractivity contribution is 5.64. The molecular formula is C29H37F3. The summed E-state index contributed by atoms with van der Waals surface area (Å²) in [5.74, 6) is -0.399. The predicted molar refractivity (Wildman–Crippen MR) is 126 cm³/mol. The highest BCUT2D eigenvalue weighted by Crippen LogP contribution is 2.48. The van der Waals surface area contributed by atoms with E-state index in [2.05, 4.69) is 19.1 Å². The Morgan fingerprint density at radius 3 is 2.09 bits per heavy atom. The Hall–Kier alpha value is -1.77. The van der Waals surface area contributed by atoms with Crippen LogP contribution >= 0.6 is 0 Å². The van der Waals surface area contributed by atoms with E-state index in [-0.39, 0.29) is 0 Å². The molecule has 2 saturated carbocycles. The lowest BCUT2D eigenvalue weighted by Crippen LogP contribution is -2.30. The molecule has 2 aliphatic carbocycles. The average Bonchev–Trinajstić information content (AvgIpc) is 2.82. The van der Waals surface area contributed by atoms with E-state index in [0.29, 0.717) is 11.5 Å². The second-order valence-electron chi connectivity index (χ2n) is 10.3. The van der Waals surface area contributed by atoms with Gasteiger partial charge in [0.15, 0.2) is 17.5 Å². The Kier molecular flexibility index (Phi) is 7.97. The number of benzene rings is 2. The molecule has 0 amide bonds. The summed E-state index contributed by atoms with van der Waals surface area (Å²) in [7, 11) is 0. The number of hydrogen-bond acceptors (Lipinski definition) is 0. The molecule has 4 atom stereocenters. The third-order valence-corrected chi connectivity index (χ3v) is 8.14. The van der Waals surface area contributed by atoms with Crippen molar-refractivity contribution in [2.24, 2.45) is 17.8 Å². The zero-order valence-electron chi connectivity index (χ0n) is 19.4. The van der Waals surface area contributed by atoms with Gasteiger partial charge in [-0.25, -0.2) is 13.2 Å². The van der Waals surface area contributed by atoms with Gasteiger partial charge in [0.2, 0.25) is 0 Å². The summed E-state index contributed by atoms with van der Waals surface area (Å²) in [5.41, 5.74) is 2.43. The zero-order chi connectivity index (χ0) is 22.5. The fourth-order valence-electron chi connectivity index (χ4n) is 6.26. The number of unbranched alkanes of at least 4 members (excludes halogenated alkanes) is 4. The van der Waals surface area contributed by atoms with E-state index in [4.69, 9.17) is 0 Å². The first-order valence-corrected chi connectivity index (χ1v) is 12.8. The average molecular weight is 443 g/mol. The normalized spacial score (nSPS) is 25.5. The molecule has 4 rings (SSSR count). The van der Waals surface area contributed by atoms with Crippen molar-refractivity contribution in [3.05, 3.63) is 59.4 Å². The van der Waals surface area contributed by atoms with Crippen molar-refractivity contribution in [1.29, 1.82) is 0 Å². The van der Waals surface area contributed by atoms with Gasteiger partial charge in [0, 0.05) is 0 Å². The molecule has 0 aliphatic heterocycles. The minimum absolute atomic E-state index is 0.379. The van der Waals surface area contributed by atoms with Gasteiger partial charge in [-0.3, -0.25) is 0 Å². The van der Waals surface area contributed by atoms with Gasteiger partial charge in [-0.1, -0.05) is 76.1 Å². The minimum Gasteiger partial charge on any atom is -0.204 e. The summed E-state index contributed by atoms with van der Waals surface area (Å²) in [5, 5.41) is 0. The van der Waals surface area contributed by atoms with Crippen molar-refractivity contribution in [2.45, 2.75) is 89.9 Å². The van der Waals surface area contributed by atoms with E-state index < -0.39 is 17.5 Å². The van der Waals surface area contributed by atoms with Crippen LogP contribution in [0.1, 0.15) is 95.5 Å². The van der Waals surface area contributed by atoms with Gasteiger partial charge in [-0.15, -0.1) is 0 Å². The van der Waals surface area contributed by atoms with Gasteiger partial charge >= 0.3 is 0 Å². The Bertz CT molecular complexity index is 849. The Labute approximate surface area is 191 Å². The molecule has 3 heteroatoms. The van der Waals surface area contributed by atoms with E-state index in [9.17, 15) is 13.2 Å². The topological polar surface area (TPSA) is 0 Å². The van der Waals surface area contributed by atoms with Crippen LogP contribution in [0.5, 0.6) is 0 Å². The molecule has 0 heterocycles. The van der Waals surface area contributed by atoms with Crippen molar-refractivity contribution >= 4 is 0 Å². The molecule has 2 aromatic carbocycles. The van der Waals surface area contributed by atoms with Crippen molar-refractivity contribution in [3.8, 4) is 11.1 Å². The van der Waals surface area contributed by atoms with Gasteiger partial charge in [-0.05, 0) is 84.6 Å². The van der Waals surface area contributed by atoms with E-state index in [1.54, 1.807) is 0 Å². The van der Waals surface area contributed by atoms with Crippen LogP contribution in [-0.4, -0.2) is 0 Å². The Balaban J connectivity index is 1.31. The molecule has 174 valence electrons. The van der Waals surface area contributed by atoms with Crippen LogP contribution in [-0.2, 0) is 0 Å². The maximum absolute atomic E-state index is 13.6. The number of rotatable bonds is 8. The molecule has 0 radical (unpaired) electrons. The predicted octanol–water partition coefficient (Wildman–Crippen LogP) is 9.43. The highest BCUT2D eigenvalue weighted by Gasteiger charge is 2.35. The molecule has 2 aromatic rings. The summed E-state index contributed by atoms with van der Waals surface area (Å²) in [6, 6.07) is 10.2. The van der Waals surface area contributed by atoms with Crippen LogP contribution in [0.25, 0.3) is 11.1 Å². The van der Waals surface area contributed by atoms with Crippen LogP contribution in [0.15, 0.2) is 36.4 Å². The van der Waals surface area contributed by atoms with Crippen LogP contribution in [0.4, 0.5) is 13.2 Å². The number of hydrogen-bond donors (Lipinski definition) is 0. The monoisotopic (exact) mass is 442 g/mol. The summed E-state index contributed by atoms with van der Waals surface area (Å²) in [6.07, 6.45) is 16.4. The molecule has 32 heavy (non-hydrogen) atoms. The van der Waals surface area contributed by atoms with Gasteiger partial charge in [0.25, 0.3) is 0 Å². The van der Waals surface area contributed by atoms with Crippen molar-refractivity contribution < 1.29 is 13.2 Å². The molecule has 0 aromatic heterocycles. The Morgan fingerprint density at radius 1 is 0.719 bits per heavy atom. The summed E-state index contributed by atoms with van der Waals surface area (Å²) >= 11 is 0. The van der Waals surface area contributed by atoms with Gasteiger partial charge in [0.05, 0.1) is 0 Å². The smallest absolute Gasteiger partial charge is 0.194 e. The second-order valence-corrected chi connectivity index (χ2v) is 10.3. The van der Waals surface area contributed by atoms with E-state index in [1.165, 1.54) is 82.6 Å². The van der Waals surface area contributed by atoms with Crippen LogP contribution in [0.3, 0.4) is 0 Å². The lowest BCUT2D eigenvalue weighted by molar-refractivity contribution is 0.113. The summed E-state index contributed by atoms with van der Waals surface area (Å²) in [6.45, 7) is 2.28. The maximum atomic E-state index is 13.6. The minimum atomic E-state index is -1.41. The molecule has 2 fully saturated rings. The lowest BCUT2D eigenvalue weighted by atomic mass is 9.63. The first kappa shape index (κ1) is 23.4. The van der Waals surface area contributed by atoms with E-state index in [1.807, 2.05) is 12.1 Å². The van der Waals surface area contributed by atoms with Crippen LogP contribution in [0, 0.1) is 35.2 Å². The molecule has 0 saturated heterocycles. The van der Waals surface area contributed by atoms with Crippen LogP contribution < -0.4 is 0 Å². The third-order valence-electron chi connectivity index (χ3n) is 8.14. The summed E-state index contributed by atoms with van der Waals surface area (Å²) < 4.78 is 40.4. The van der Waals surface area contributed by atoms with Gasteiger partial charge < -0.3 is 0 Å². The third kappa shape index (κ3) is 5.58. The zero-order valence-corrected chi connectivity index (χ0v) is 19.4. The van der Waals surface area contributed by atoms with Gasteiger partial charge in [-0.2, -0.15) is 0 Å². The fourth-order valence-corrected chi connectivity index (χ4v) is 6.26. The van der Waals surface area contributed by atoms with Crippen molar-refractivity contribution in [3.63, 3.8) is 0 Å². The standard InChI is InChI=1S/C29H37F3/c1-2-3-4-5-6-7-20-8-9-25-17-24(15-14-23(25)16-20)21-10-12-22(13-11-21)26-18-27(30)29(32)28(31)19-26/h10-13,18-20,23-25H,2-9,14-17H2,1H3. The maximum Gasteiger partial charge on any atom is 0.194 e. The molecule has 0 nitrogen and oxygen atoms in total. The molecule has 4 unspecified atom stereocenters. The van der Waals surface area contributed by atoms with Crippen molar-refractivity contribution in [2.75, 3.05) is 0 Å².